The lowest BCUT2D eigenvalue weighted by Gasteiger charge is -2.05. The van der Waals surface area contributed by atoms with Crippen LogP contribution in [0.25, 0.3) is 0 Å². The van der Waals surface area contributed by atoms with Crippen molar-refractivity contribution in [1.29, 1.82) is 0 Å². The number of carbonyl (C=O) groups is 2. The van der Waals surface area contributed by atoms with Gasteiger partial charge >= 0.3 is 12.1 Å². The van der Waals surface area contributed by atoms with Crippen molar-refractivity contribution in [2.75, 3.05) is 20.7 Å². The maximum atomic E-state index is 12.1. The van der Waals surface area contributed by atoms with Gasteiger partial charge in [0.25, 0.3) is 0 Å². The van der Waals surface area contributed by atoms with Gasteiger partial charge in [-0.15, -0.1) is 9.78 Å². The summed E-state index contributed by atoms with van der Waals surface area (Å²) in [6.45, 7) is 6.39. The van der Waals surface area contributed by atoms with Crippen molar-refractivity contribution in [3.63, 3.8) is 0 Å². The Morgan fingerprint density at radius 1 is 1.45 bits per heavy atom. The van der Waals surface area contributed by atoms with Gasteiger partial charge < -0.3 is 9.64 Å². The van der Waals surface area contributed by atoms with E-state index in [1.165, 1.54) is 28.0 Å². The van der Waals surface area contributed by atoms with Crippen LogP contribution >= 0.6 is 23.1 Å². The molecule has 2 amide bonds. The summed E-state index contributed by atoms with van der Waals surface area (Å²) in [4.78, 5) is 29.3. The van der Waals surface area contributed by atoms with E-state index < -0.39 is 12.1 Å². The molecule has 0 aliphatic heterocycles. The predicted octanol–water partition coefficient (Wildman–Crippen LogP) is 2.81. The molecule has 9 heteroatoms. The Morgan fingerprint density at radius 2 is 2.14 bits per heavy atom. The van der Waals surface area contributed by atoms with Crippen LogP contribution in [0.3, 0.4) is 0 Å². The smallest absolute Gasteiger partial charge is 0.437 e. The summed E-state index contributed by atoms with van der Waals surface area (Å²) >= 11 is 2.71. The van der Waals surface area contributed by atoms with Gasteiger partial charge in [0.15, 0.2) is 4.34 Å². The summed E-state index contributed by atoms with van der Waals surface area (Å²) in [5.74, 6) is 0. The minimum absolute atomic E-state index is 0.225. The minimum Gasteiger partial charge on any atom is -0.448 e. The van der Waals surface area contributed by atoms with E-state index in [0.29, 0.717) is 16.2 Å². The Morgan fingerprint density at radius 3 is 2.68 bits per heavy atom. The summed E-state index contributed by atoms with van der Waals surface area (Å²) in [6.07, 6.45) is 1.11. The molecule has 0 aliphatic carbocycles. The molecule has 7 nitrogen and oxygen atoms in total. The van der Waals surface area contributed by atoms with Crippen molar-refractivity contribution in [2.45, 2.75) is 43.2 Å². The van der Waals surface area contributed by atoms with Crippen molar-refractivity contribution >= 4 is 35.2 Å². The van der Waals surface area contributed by atoms with Crippen LogP contribution in [0, 0.1) is 0 Å². The van der Waals surface area contributed by atoms with Crippen LogP contribution in [-0.2, 0) is 4.74 Å². The van der Waals surface area contributed by atoms with E-state index in [1.54, 1.807) is 14.1 Å². The number of amides is 2. The number of aromatic nitrogens is 2. The molecule has 0 radical (unpaired) electrons. The zero-order valence-electron chi connectivity index (χ0n) is 13.5. The molecular weight excluding hydrogens is 324 g/mol. The highest BCUT2D eigenvalue weighted by Crippen LogP contribution is 2.22. The third kappa shape index (κ3) is 5.80. The Hall–Kier alpha value is -1.35. The lowest BCUT2D eigenvalue weighted by Crippen LogP contribution is -2.29. The standard InChI is InChI=1S/C13H22N4O3S2/c1-6-7-8-20-13(19)17-11(14-10(18)16(4)5)22-12(15-17)21-9(2)3/h9H,6-8H2,1-5H3. The average molecular weight is 346 g/mol. The molecule has 0 spiro atoms. The number of urea groups is 1. The first-order valence-electron chi connectivity index (χ1n) is 7.05. The SMILES string of the molecule is CCCCOC(=O)n1nc(SC(C)C)sc1=NC(=O)N(C)C. The summed E-state index contributed by atoms with van der Waals surface area (Å²) in [7, 11) is 3.20. The number of hydrogen-bond acceptors (Lipinski definition) is 6. The Bertz CT molecular complexity index is 578. The zero-order valence-corrected chi connectivity index (χ0v) is 15.2. The number of unbranched alkanes of at least 4 members (excludes halogenated alkanes) is 1. The summed E-state index contributed by atoms with van der Waals surface area (Å²) in [6, 6.07) is -0.445. The molecular formula is C13H22N4O3S2. The lowest BCUT2D eigenvalue weighted by molar-refractivity contribution is 0.141. The molecule has 0 atom stereocenters. The molecule has 0 saturated carbocycles. The van der Waals surface area contributed by atoms with E-state index in [-0.39, 0.29) is 4.80 Å². The van der Waals surface area contributed by atoms with Crippen LogP contribution in [0.5, 0.6) is 0 Å². The number of hydrogen-bond donors (Lipinski definition) is 0. The molecule has 1 aromatic rings. The summed E-state index contributed by atoms with van der Waals surface area (Å²) < 4.78 is 6.88. The molecule has 0 bridgehead atoms. The Kier molecular flexibility index (Phi) is 7.60. The number of rotatable bonds is 5. The Labute approximate surface area is 138 Å². The molecule has 0 unspecified atom stereocenters. The van der Waals surface area contributed by atoms with E-state index >= 15 is 0 Å². The quantitative estimate of drug-likeness (QED) is 0.605. The second kappa shape index (κ2) is 8.94. The second-order valence-corrected chi connectivity index (χ2v) is 7.77. The first kappa shape index (κ1) is 18.7. The average Bonchev–Trinajstić information content (AvgIpc) is 2.80. The maximum Gasteiger partial charge on any atom is 0.437 e. The van der Waals surface area contributed by atoms with Gasteiger partial charge in [-0.1, -0.05) is 50.3 Å². The molecule has 0 N–H and O–H groups in total. The van der Waals surface area contributed by atoms with E-state index in [9.17, 15) is 9.59 Å². The van der Waals surface area contributed by atoms with Crippen LogP contribution in [-0.4, -0.2) is 52.8 Å². The fraction of sp³-hybridized carbons (Fsp3) is 0.692. The van der Waals surface area contributed by atoms with Gasteiger partial charge in [0.2, 0.25) is 4.80 Å². The molecule has 1 rings (SSSR count). The van der Waals surface area contributed by atoms with Gasteiger partial charge in [0.1, 0.15) is 0 Å². The Balaban J connectivity index is 3.08. The van der Waals surface area contributed by atoms with Crippen molar-refractivity contribution < 1.29 is 14.3 Å². The third-order valence-corrected chi connectivity index (χ3v) is 4.34. The normalized spacial score (nSPS) is 11.8. The molecule has 1 aromatic heterocycles. The van der Waals surface area contributed by atoms with Crippen molar-refractivity contribution in [3.8, 4) is 0 Å². The molecule has 124 valence electrons. The van der Waals surface area contributed by atoms with E-state index in [1.807, 2.05) is 20.8 Å². The summed E-state index contributed by atoms with van der Waals surface area (Å²) in [5, 5.41) is 4.51. The zero-order chi connectivity index (χ0) is 16.7. The van der Waals surface area contributed by atoms with Crippen LogP contribution in [0.15, 0.2) is 9.33 Å². The highest BCUT2D eigenvalue weighted by molar-refractivity contribution is 8.01. The second-order valence-electron chi connectivity index (χ2n) is 4.99. The van der Waals surface area contributed by atoms with Gasteiger partial charge in [-0.3, -0.25) is 0 Å². The fourth-order valence-electron chi connectivity index (χ4n) is 1.25. The molecule has 22 heavy (non-hydrogen) atoms. The van der Waals surface area contributed by atoms with Crippen molar-refractivity contribution in [3.05, 3.63) is 4.80 Å². The van der Waals surface area contributed by atoms with E-state index in [0.717, 1.165) is 17.5 Å². The maximum absolute atomic E-state index is 12.1. The number of carbonyl (C=O) groups excluding carboxylic acids is 2. The summed E-state index contributed by atoms with van der Waals surface area (Å²) in [5.41, 5.74) is 0. The fourth-order valence-corrected chi connectivity index (χ4v) is 3.38. The molecule has 1 heterocycles. The van der Waals surface area contributed by atoms with Crippen LogP contribution in [0.1, 0.15) is 33.6 Å². The number of nitrogens with zero attached hydrogens (tertiary/aromatic N) is 4. The minimum atomic E-state index is -0.606. The van der Waals surface area contributed by atoms with E-state index in [4.69, 9.17) is 4.74 Å². The molecule has 0 aliphatic rings. The van der Waals surface area contributed by atoms with Gasteiger partial charge in [0, 0.05) is 19.3 Å². The third-order valence-electron chi connectivity index (χ3n) is 2.35. The number of ether oxygens (including phenoxy) is 1. The monoisotopic (exact) mass is 346 g/mol. The highest BCUT2D eigenvalue weighted by atomic mass is 32.2. The molecule has 0 saturated heterocycles. The molecule has 0 fully saturated rings. The van der Waals surface area contributed by atoms with Gasteiger partial charge in [-0.25, -0.2) is 9.59 Å². The van der Waals surface area contributed by atoms with Gasteiger partial charge in [-0.05, 0) is 6.42 Å². The van der Waals surface area contributed by atoms with Crippen LogP contribution in [0.2, 0.25) is 0 Å². The van der Waals surface area contributed by atoms with Gasteiger partial charge in [-0.2, -0.15) is 4.99 Å². The van der Waals surface area contributed by atoms with Crippen molar-refractivity contribution in [2.24, 2.45) is 4.99 Å². The van der Waals surface area contributed by atoms with Gasteiger partial charge in [0.05, 0.1) is 6.61 Å². The topological polar surface area (TPSA) is 76.8 Å². The van der Waals surface area contributed by atoms with Crippen molar-refractivity contribution in [1.82, 2.24) is 14.7 Å². The lowest BCUT2D eigenvalue weighted by atomic mass is 10.4. The van der Waals surface area contributed by atoms with Crippen LogP contribution in [0.4, 0.5) is 9.59 Å². The highest BCUT2D eigenvalue weighted by Gasteiger charge is 2.16. The van der Waals surface area contributed by atoms with Crippen LogP contribution < -0.4 is 4.80 Å². The first-order chi connectivity index (χ1) is 10.3. The largest absolute Gasteiger partial charge is 0.448 e. The predicted molar refractivity (Wildman–Crippen MR) is 87.4 cm³/mol. The molecule has 0 aromatic carbocycles. The number of thioether (sulfide) groups is 1. The van der Waals surface area contributed by atoms with E-state index in [2.05, 4.69) is 10.1 Å². The first-order valence-corrected chi connectivity index (χ1v) is 8.74.